The SMILES string of the molecule is O=C(C(Br)CCCCl)C1CCOCC1. The Balaban J connectivity index is 2.30. The molecule has 0 N–H and O–H groups in total. The van der Waals surface area contributed by atoms with E-state index in [2.05, 4.69) is 15.9 Å². The van der Waals surface area contributed by atoms with Crippen LogP contribution in [0.5, 0.6) is 0 Å². The fourth-order valence-electron chi connectivity index (χ4n) is 1.64. The second-order valence-corrected chi connectivity index (χ2v) is 5.07. The third-order valence-corrected chi connectivity index (χ3v) is 3.70. The molecule has 4 heteroatoms. The lowest BCUT2D eigenvalue weighted by Gasteiger charge is -2.22. The standard InChI is InChI=1S/C10H16BrClO2/c11-9(2-1-5-12)10(13)8-3-6-14-7-4-8/h8-9H,1-7H2. The maximum absolute atomic E-state index is 11.9. The Hall–Kier alpha value is 0.400. The van der Waals surface area contributed by atoms with E-state index < -0.39 is 0 Å². The molecule has 0 saturated carbocycles. The van der Waals surface area contributed by atoms with Crippen LogP contribution in [0.1, 0.15) is 25.7 Å². The van der Waals surface area contributed by atoms with E-state index >= 15 is 0 Å². The molecule has 0 spiro atoms. The predicted molar refractivity (Wildman–Crippen MR) is 61.2 cm³/mol. The van der Waals surface area contributed by atoms with Crippen molar-refractivity contribution in [3.8, 4) is 0 Å². The topological polar surface area (TPSA) is 26.3 Å². The molecule has 1 aliphatic heterocycles. The van der Waals surface area contributed by atoms with E-state index in [1.54, 1.807) is 0 Å². The van der Waals surface area contributed by atoms with Crippen LogP contribution in [-0.4, -0.2) is 29.7 Å². The van der Waals surface area contributed by atoms with Crippen molar-refractivity contribution in [2.24, 2.45) is 5.92 Å². The number of carbonyl (C=O) groups is 1. The number of alkyl halides is 2. The van der Waals surface area contributed by atoms with Gasteiger partial charge in [-0.15, -0.1) is 11.6 Å². The maximum Gasteiger partial charge on any atom is 0.149 e. The first kappa shape index (κ1) is 12.5. The number of hydrogen-bond acceptors (Lipinski definition) is 2. The highest BCUT2D eigenvalue weighted by Gasteiger charge is 2.26. The summed E-state index contributed by atoms with van der Waals surface area (Å²) in [6.45, 7) is 1.46. The summed E-state index contributed by atoms with van der Waals surface area (Å²) in [6, 6.07) is 0. The zero-order valence-electron chi connectivity index (χ0n) is 8.18. The Labute approximate surface area is 98.5 Å². The van der Waals surface area contributed by atoms with Gasteiger partial charge >= 0.3 is 0 Å². The van der Waals surface area contributed by atoms with Crippen LogP contribution in [0.2, 0.25) is 0 Å². The number of ketones is 1. The average molecular weight is 284 g/mol. The van der Waals surface area contributed by atoms with E-state index in [0.717, 1.165) is 38.9 Å². The van der Waals surface area contributed by atoms with Crippen LogP contribution in [0.15, 0.2) is 0 Å². The first-order valence-electron chi connectivity index (χ1n) is 5.07. The normalized spacial score (nSPS) is 20.7. The lowest BCUT2D eigenvalue weighted by Crippen LogP contribution is -2.29. The number of carbonyl (C=O) groups excluding carboxylic acids is 1. The van der Waals surface area contributed by atoms with Gasteiger partial charge in [0, 0.05) is 25.0 Å². The van der Waals surface area contributed by atoms with Gasteiger partial charge in [-0.25, -0.2) is 0 Å². The van der Waals surface area contributed by atoms with Gasteiger partial charge in [0.15, 0.2) is 0 Å². The molecule has 2 nitrogen and oxygen atoms in total. The van der Waals surface area contributed by atoms with Gasteiger partial charge in [-0.05, 0) is 25.7 Å². The number of rotatable bonds is 5. The predicted octanol–water partition coefficient (Wildman–Crippen LogP) is 2.76. The average Bonchev–Trinajstić information content (AvgIpc) is 2.26. The molecule has 14 heavy (non-hydrogen) atoms. The van der Waals surface area contributed by atoms with E-state index in [0.29, 0.717) is 11.7 Å². The van der Waals surface area contributed by atoms with E-state index in [1.807, 2.05) is 0 Å². The van der Waals surface area contributed by atoms with Crippen molar-refractivity contribution in [2.75, 3.05) is 19.1 Å². The van der Waals surface area contributed by atoms with Crippen LogP contribution >= 0.6 is 27.5 Å². The van der Waals surface area contributed by atoms with E-state index in [4.69, 9.17) is 16.3 Å². The summed E-state index contributed by atoms with van der Waals surface area (Å²) >= 11 is 9.01. The molecule has 1 aliphatic rings. The summed E-state index contributed by atoms with van der Waals surface area (Å²) in [5.74, 6) is 1.16. The molecule has 1 atom stereocenters. The van der Waals surface area contributed by atoms with Crippen molar-refractivity contribution in [1.82, 2.24) is 0 Å². The van der Waals surface area contributed by atoms with Gasteiger partial charge in [-0.1, -0.05) is 15.9 Å². The van der Waals surface area contributed by atoms with Crippen molar-refractivity contribution in [2.45, 2.75) is 30.5 Å². The van der Waals surface area contributed by atoms with Crippen LogP contribution in [0.3, 0.4) is 0 Å². The molecule has 0 aromatic rings. The molecule has 1 saturated heterocycles. The van der Waals surface area contributed by atoms with Gasteiger partial charge in [0.2, 0.25) is 0 Å². The fourth-order valence-corrected chi connectivity index (χ4v) is 2.49. The Bertz CT molecular complexity index is 181. The summed E-state index contributed by atoms with van der Waals surface area (Å²) < 4.78 is 5.22. The smallest absolute Gasteiger partial charge is 0.149 e. The molecule has 0 radical (unpaired) electrons. The van der Waals surface area contributed by atoms with E-state index in [9.17, 15) is 4.79 Å². The number of halogens is 2. The molecular formula is C10H16BrClO2. The van der Waals surface area contributed by atoms with Crippen LogP contribution < -0.4 is 0 Å². The molecule has 82 valence electrons. The molecule has 0 aromatic carbocycles. The van der Waals surface area contributed by atoms with Crippen molar-refractivity contribution in [3.63, 3.8) is 0 Å². The molecule has 0 aliphatic carbocycles. The molecule has 1 rings (SSSR count). The van der Waals surface area contributed by atoms with Gasteiger partial charge < -0.3 is 4.74 Å². The lowest BCUT2D eigenvalue weighted by atomic mass is 9.92. The second kappa shape index (κ2) is 6.81. The minimum atomic E-state index is -0.00986. The number of ether oxygens (including phenoxy) is 1. The lowest BCUT2D eigenvalue weighted by molar-refractivity contribution is -0.125. The summed E-state index contributed by atoms with van der Waals surface area (Å²) in [5, 5.41) is 0. The zero-order valence-corrected chi connectivity index (χ0v) is 10.5. The summed E-state index contributed by atoms with van der Waals surface area (Å²) in [5.41, 5.74) is 0. The summed E-state index contributed by atoms with van der Waals surface area (Å²) in [4.78, 5) is 11.8. The summed E-state index contributed by atoms with van der Waals surface area (Å²) in [6.07, 6.45) is 3.50. The van der Waals surface area contributed by atoms with Crippen molar-refractivity contribution < 1.29 is 9.53 Å². The number of hydrogen-bond donors (Lipinski definition) is 0. The summed E-state index contributed by atoms with van der Waals surface area (Å²) in [7, 11) is 0. The highest BCUT2D eigenvalue weighted by molar-refractivity contribution is 9.10. The van der Waals surface area contributed by atoms with Crippen molar-refractivity contribution in [3.05, 3.63) is 0 Å². The molecule has 1 unspecified atom stereocenters. The van der Waals surface area contributed by atoms with Crippen molar-refractivity contribution >= 4 is 33.3 Å². The molecule has 1 fully saturated rings. The van der Waals surface area contributed by atoms with Crippen molar-refractivity contribution in [1.29, 1.82) is 0 Å². The first-order valence-corrected chi connectivity index (χ1v) is 6.52. The fraction of sp³-hybridized carbons (Fsp3) is 0.900. The van der Waals surface area contributed by atoms with Gasteiger partial charge in [0.05, 0.1) is 4.83 Å². The Kier molecular flexibility index (Phi) is 6.06. The van der Waals surface area contributed by atoms with Crippen LogP contribution in [-0.2, 0) is 9.53 Å². The van der Waals surface area contributed by atoms with Crippen LogP contribution in [0.4, 0.5) is 0 Å². The quantitative estimate of drug-likeness (QED) is 0.725. The first-order chi connectivity index (χ1) is 6.75. The van der Waals surface area contributed by atoms with Crippen LogP contribution in [0.25, 0.3) is 0 Å². The third kappa shape index (κ3) is 3.87. The van der Waals surface area contributed by atoms with E-state index in [-0.39, 0.29) is 10.7 Å². The van der Waals surface area contributed by atoms with E-state index in [1.165, 1.54) is 0 Å². The van der Waals surface area contributed by atoms with Gasteiger partial charge in [0.1, 0.15) is 5.78 Å². The molecule has 0 amide bonds. The van der Waals surface area contributed by atoms with Gasteiger partial charge in [-0.2, -0.15) is 0 Å². The molecule has 0 aromatic heterocycles. The minimum absolute atomic E-state index is 0.00986. The maximum atomic E-state index is 11.9. The largest absolute Gasteiger partial charge is 0.381 e. The Morgan fingerprint density at radius 3 is 2.71 bits per heavy atom. The van der Waals surface area contributed by atoms with Crippen LogP contribution in [0, 0.1) is 5.92 Å². The monoisotopic (exact) mass is 282 g/mol. The number of Topliss-reactive ketones (excluding diaryl/α,β-unsaturated/α-hetero) is 1. The molecule has 0 bridgehead atoms. The Morgan fingerprint density at radius 2 is 2.14 bits per heavy atom. The molecule has 1 heterocycles. The zero-order chi connectivity index (χ0) is 10.4. The third-order valence-electron chi connectivity index (χ3n) is 2.52. The molecular weight excluding hydrogens is 267 g/mol. The Morgan fingerprint density at radius 1 is 1.50 bits per heavy atom. The highest BCUT2D eigenvalue weighted by atomic mass is 79.9. The minimum Gasteiger partial charge on any atom is -0.381 e. The van der Waals surface area contributed by atoms with Gasteiger partial charge in [0.25, 0.3) is 0 Å². The second-order valence-electron chi connectivity index (χ2n) is 3.59. The highest BCUT2D eigenvalue weighted by Crippen LogP contribution is 2.22. The van der Waals surface area contributed by atoms with Gasteiger partial charge in [-0.3, -0.25) is 4.79 Å².